The number of nitrogens with one attached hydrogen (secondary N) is 2. The number of rotatable bonds is 10. The molecule has 0 aromatic heterocycles. The van der Waals surface area contributed by atoms with Crippen molar-refractivity contribution in [3.63, 3.8) is 0 Å². The Morgan fingerprint density at radius 3 is 2.47 bits per heavy atom. The molecule has 0 atom stereocenters. The Labute approximate surface area is 174 Å². The number of hydrogen-bond donors (Lipinski definition) is 2. The molecule has 0 aliphatic carbocycles. The van der Waals surface area contributed by atoms with E-state index in [1.54, 1.807) is 12.0 Å². The fourth-order valence-corrected chi connectivity index (χ4v) is 3.07. The minimum absolute atomic E-state index is 0.0541. The number of hydrogen-bond acceptors (Lipinski definition) is 5. The zero-order valence-corrected chi connectivity index (χ0v) is 17.1. The monoisotopic (exact) mass is 426 g/mol. The molecule has 1 aliphatic rings. The summed E-state index contributed by atoms with van der Waals surface area (Å²) < 4.78 is 31.4. The molecule has 0 radical (unpaired) electrons. The molecule has 30 heavy (non-hydrogen) atoms. The normalized spacial score (nSPS) is 14.4. The molecule has 0 bridgehead atoms. The van der Waals surface area contributed by atoms with Crippen LogP contribution in [0.2, 0.25) is 0 Å². The lowest BCUT2D eigenvalue weighted by atomic mass is 10.2. The quantitative estimate of drug-likeness (QED) is 0.528. The standard InChI is InChI=1S/C20H28F2N4O4/c1-30-12-2-6-23-18(27)14-25-8-10-26(11-9-25)19(28)5-7-24-20(29)16-4-3-15(21)13-17(16)22/h3-4,13H,2,5-12,14H2,1H3,(H,23,27)(H,24,29). The second kappa shape index (κ2) is 12.2. The van der Waals surface area contributed by atoms with E-state index in [0.29, 0.717) is 45.4 Å². The molecule has 0 saturated carbocycles. The van der Waals surface area contributed by atoms with Gasteiger partial charge in [0, 0.05) is 65.5 Å². The van der Waals surface area contributed by atoms with Gasteiger partial charge in [0.1, 0.15) is 11.6 Å². The molecule has 0 spiro atoms. The van der Waals surface area contributed by atoms with Crippen molar-refractivity contribution in [3.05, 3.63) is 35.4 Å². The molecular formula is C20H28F2N4O4. The molecule has 1 saturated heterocycles. The topological polar surface area (TPSA) is 91.0 Å². The van der Waals surface area contributed by atoms with Gasteiger partial charge in [0.25, 0.3) is 5.91 Å². The van der Waals surface area contributed by atoms with Crippen LogP contribution in [0.1, 0.15) is 23.2 Å². The summed E-state index contributed by atoms with van der Waals surface area (Å²) in [6, 6.07) is 2.71. The van der Waals surface area contributed by atoms with Crippen LogP contribution in [-0.4, -0.2) is 87.1 Å². The van der Waals surface area contributed by atoms with E-state index in [9.17, 15) is 23.2 Å². The first-order valence-electron chi connectivity index (χ1n) is 9.89. The number of carbonyl (C=O) groups is 3. The summed E-state index contributed by atoms with van der Waals surface area (Å²) in [5, 5.41) is 5.30. The molecule has 1 heterocycles. The van der Waals surface area contributed by atoms with Gasteiger partial charge in [-0.2, -0.15) is 0 Å². The lowest BCUT2D eigenvalue weighted by Gasteiger charge is -2.34. The van der Waals surface area contributed by atoms with Crippen LogP contribution in [0.5, 0.6) is 0 Å². The SMILES string of the molecule is COCCCNC(=O)CN1CCN(C(=O)CCNC(=O)c2ccc(F)cc2F)CC1. The molecule has 3 amide bonds. The van der Waals surface area contributed by atoms with E-state index < -0.39 is 17.5 Å². The maximum Gasteiger partial charge on any atom is 0.254 e. The summed E-state index contributed by atoms with van der Waals surface area (Å²) in [5.74, 6) is -2.58. The second-order valence-electron chi connectivity index (χ2n) is 6.98. The van der Waals surface area contributed by atoms with Gasteiger partial charge >= 0.3 is 0 Å². The first-order chi connectivity index (χ1) is 14.4. The Balaban J connectivity index is 1.64. The third-order valence-corrected chi connectivity index (χ3v) is 4.74. The van der Waals surface area contributed by atoms with Crippen LogP contribution in [0.25, 0.3) is 0 Å². The highest BCUT2D eigenvalue weighted by molar-refractivity contribution is 5.94. The maximum absolute atomic E-state index is 13.6. The smallest absolute Gasteiger partial charge is 0.254 e. The largest absolute Gasteiger partial charge is 0.385 e. The van der Waals surface area contributed by atoms with Crippen LogP contribution in [-0.2, 0) is 14.3 Å². The average Bonchev–Trinajstić information content (AvgIpc) is 2.71. The van der Waals surface area contributed by atoms with Crippen molar-refractivity contribution in [1.82, 2.24) is 20.4 Å². The van der Waals surface area contributed by atoms with Gasteiger partial charge in [0.05, 0.1) is 12.1 Å². The molecular weight excluding hydrogens is 398 g/mol. The molecule has 10 heteroatoms. The van der Waals surface area contributed by atoms with E-state index in [1.807, 2.05) is 4.90 Å². The maximum atomic E-state index is 13.6. The van der Waals surface area contributed by atoms with E-state index >= 15 is 0 Å². The fraction of sp³-hybridized carbons (Fsp3) is 0.550. The third-order valence-electron chi connectivity index (χ3n) is 4.74. The van der Waals surface area contributed by atoms with Crippen molar-refractivity contribution in [2.75, 3.05) is 59.5 Å². The highest BCUT2D eigenvalue weighted by Crippen LogP contribution is 2.09. The lowest BCUT2D eigenvalue weighted by Crippen LogP contribution is -2.51. The van der Waals surface area contributed by atoms with Gasteiger partial charge in [0.15, 0.2) is 0 Å². The Bertz CT molecular complexity index is 740. The summed E-state index contributed by atoms with van der Waals surface area (Å²) in [4.78, 5) is 39.8. The zero-order valence-electron chi connectivity index (χ0n) is 17.1. The van der Waals surface area contributed by atoms with Gasteiger partial charge in [-0.1, -0.05) is 0 Å². The van der Waals surface area contributed by atoms with Gasteiger partial charge < -0.3 is 20.3 Å². The highest BCUT2D eigenvalue weighted by atomic mass is 19.1. The van der Waals surface area contributed by atoms with Gasteiger partial charge in [-0.3, -0.25) is 19.3 Å². The van der Waals surface area contributed by atoms with E-state index in [2.05, 4.69) is 10.6 Å². The van der Waals surface area contributed by atoms with Crippen LogP contribution in [0.4, 0.5) is 8.78 Å². The molecule has 1 aromatic rings. The van der Waals surface area contributed by atoms with E-state index in [4.69, 9.17) is 4.74 Å². The number of amides is 3. The Kier molecular flexibility index (Phi) is 9.62. The van der Waals surface area contributed by atoms with Crippen LogP contribution >= 0.6 is 0 Å². The number of halogens is 2. The minimum Gasteiger partial charge on any atom is -0.385 e. The number of carbonyl (C=O) groups excluding carboxylic acids is 3. The zero-order chi connectivity index (χ0) is 21.9. The molecule has 2 rings (SSSR count). The summed E-state index contributed by atoms with van der Waals surface area (Å²) in [7, 11) is 1.61. The van der Waals surface area contributed by atoms with Crippen LogP contribution < -0.4 is 10.6 Å². The van der Waals surface area contributed by atoms with Gasteiger partial charge in [-0.15, -0.1) is 0 Å². The number of ether oxygens (including phenoxy) is 1. The second-order valence-corrected chi connectivity index (χ2v) is 6.98. The van der Waals surface area contributed by atoms with Gasteiger partial charge in [-0.25, -0.2) is 8.78 Å². The van der Waals surface area contributed by atoms with E-state index in [-0.39, 0.29) is 36.9 Å². The van der Waals surface area contributed by atoms with Gasteiger partial charge in [-0.05, 0) is 18.6 Å². The number of piperazine rings is 1. The van der Waals surface area contributed by atoms with Crippen LogP contribution in [0.3, 0.4) is 0 Å². The van der Waals surface area contributed by atoms with Crippen molar-refractivity contribution >= 4 is 17.7 Å². The molecule has 1 aromatic carbocycles. The molecule has 166 valence electrons. The van der Waals surface area contributed by atoms with Crippen molar-refractivity contribution < 1.29 is 27.9 Å². The number of methoxy groups -OCH3 is 1. The summed E-state index contributed by atoms with van der Waals surface area (Å²) in [5.41, 5.74) is -0.266. The van der Waals surface area contributed by atoms with Crippen molar-refractivity contribution in [2.24, 2.45) is 0 Å². The summed E-state index contributed by atoms with van der Waals surface area (Å²) >= 11 is 0. The summed E-state index contributed by atoms with van der Waals surface area (Å²) in [6.07, 6.45) is 0.837. The molecule has 8 nitrogen and oxygen atoms in total. The Hall–Kier alpha value is -2.59. The average molecular weight is 426 g/mol. The molecule has 1 fully saturated rings. The summed E-state index contributed by atoms with van der Waals surface area (Å²) in [6.45, 7) is 3.67. The van der Waals surface area contributed by atoms with E-state index in [0.717, 1.165) is 18.6 Å². The predicted molar refractivity (Wildman–Crippen MR) is 106 cm³/mol. The van der Waals surface area contributed by atoms with Crippen molar-refractivity contribution in [2.45, 2.75) is 12.8 Å². The first kappa shape index (κ1) is 23.7. The molecule has 1 aliphatic heterocycles. The van der Waals surface area contributed by atoms with Gasteiger partial charge in [0.2, 0.25) is 11.8 Å². The molecule has 0 unspecified atom stereocenters. The minimum atomic E-state index is -0.947. The number of nitrogens with zero attached hydrogens (tertiary/aromatic N) is 2. The first-order valence-corrected chi connectivity index (χ1v) is 9.89. The Morgan fingerprint density at radius 1 is 1.07 bits per heavy atom. The van der Waals surface area contributed by atoms with Crippen LogP contribution in [0, 0.1) is 11.6 Å². The fourth-order valence-electron chi connectivity index (χ4n) is 3.07. The van der Waals surface area contributed by atoms with Crippen molar-refractivity contribution in [1.29, 1.82) is 0 Å². The predicted octanol–water partition coefficient (Wildman–Crippen LogP) is 0.382. The lowest BCUT2D eigenvalue weighted by molar-refractivity contribution is -0.133. The van der Waals surface area contributed by atoms with Crippen molar-refractivity contribution in [3.8, 4) is 0 Å². The van der Waals surface area contributed by atoms with Crippen LogP contribution in [0.15, 0.2) is 18.2 Å². The molecule has 2 N–H and O–H groups in total. The number of benzene rings is 1. The Morgan fingerprint density at radius 2 is 1.80 bits per heavy atom. The third kappa shape index (κ3) is 7.68. The van der Waals surface area contributed by atoms with E-state index in [1.165, 1.54) is 0 Å². The highest BCUT2D eigenvalue weighted by Gasteiger charge is 2.22.